The summed E-state index contributed by atoms with van der Waals surface area (Å²) in [6.45, 7) is 3.67. The van der Waals surface area contributed by atoms with Crippen molar-refractivity contribution < 1.29 is 27.7 Å². The monoisotopic (exact) mass is 233 g/mol. The van der Waals surface area contributed by atoms with Gasteiger partial charge in [0.1, 0.15) is 5.72 Å². The Hall–Kier alpha value is -0.250. The average molecular weight is 233 g/mol. The molecule has 0 aromatic heterocycles. The fourth-order valence-corrected chi connectivity index (χ4v) is 0.177. The van der Waals surface area contributed by atoms with E-state index in [9.17, 15) is 8.42 Å². The van der Waals surface area contributed by atoms with Crippen LogP contribution in [0.15, 0.2) is 0 Å². The van der Waals surface area contributed by atoms with Gasteiger partial charge in [-0.2, -0.15) is 8.42 Å². The van der Waals surface area contributed by atoms with Gasteiger partial charge in [0, 0.05) is 0 Å². The van der Waals surface area contributed by atoms with E-state index in [-0.39, 0.29) is 5.48 Å². The van der Waals surface area contributed by atoms with Crippen molar-refractivity contribution in [3.05, 3.63) is 0 Å². The molecule has 1 atom stereocenters. The van der Waals surface area contributed by atoms with Gasteiger partial charge < -0.3 is 10.6 Å². The van der Waals surface area contributed by atoms with Crippen molar-refractivity contribution in [1.29, 1.82) is 0 Å². The lowest BCUT2D eigenvalue weighted by molar-refractivity contribution is 0.0284. The summed E-state index contributed by atoms with van der Waals surface area (Å²) in [5.74, 6) is 0. The smallest absolute Gasteiger partial charge is 0.397 e. The van der Waals surface area contributed by atoms with Gasteiger partial charge in [-0.15, -0.1) is 0 Å². The molecule has 7 nitrogen and oxygen atoms in total. The molecule has 0 aliphatic heterocycles. The molecule has 90 valence electrons. The van der Waals surface area contributed by atoms with Crippen LogP contribution in [0.2, 0.25) is 0 Å². The van der Waals surface area contributed by atoms with Crippen molar-refractivity contribution in [2.45, 2.75) is 26.0 Å². The summed E-state index contributed by atoms with van der Waals surface area (Å²) in [7, 11) is -1.55. The van der Waals surface area contributed by atoms with E-state index in [0.29, 0.717) is 0 Å². The van der Waals surface area contributed by atoms with Crippen LogP contribution in [-0.4, -0.2) is 43.4 Å². The maximum atomic E-state index is 9.33. The molecule has 0 spiro atoms. The molecule has 1 unspecified atom stereocenters. The summed E-state index contributed by atoms with van der Waals surface area (Å²) in [5, 5.41) is 11.8. The van der Waals surface area contributed by atoms with Crippen LogP contribution in [0.3, 0.4) is 0 Å². The zero-order chi connectivity index (χ0) is 11.1. The lowest BCUT2D eigenvalue weighted by Gasteiger charge is -2.19. The molecule has 0 rings (SSSR count). The molecule has 14 heavy (non-hydrogen) atoms. The molecule has 0 bridgehead atoms. The summed E-state index contributed by atoms with van der Waals surface area (Å²) in [5.41, 5.74) is -0.667. The van der Waals surface area contributed by atoms with Crippen LogP contribution in [0, 0.1) is 0 Å². The minimum Gasteiger partial charge on any atom is -0.412 e. The van der Waals surface area contributed by atoms with Crippen LogP contribution in [0.25, 0.3) is 0 Å². The zero-order valence-corrected chi connectivity index (χ0v) is 9.55. The quantitative estimate of drug-likeness (QED) is 0.421. The third-order valence-electron chi connectivity index (χ3n) is 1.44. The molecule has 0 radical (unpaired) electrons. The van der Waals surface area contributed by atoms with Crippen LogP contribution < -0.4 is 5.32 Å². The maximum absolute atomic E-state index is 9.33. The van der Waals surface area contributed by atoms with Crippen molar-refractivity contribution in [1.82, 2.24) is 5.32 Å². The predicted octanol–water partition coefficient (Wildman–Crippen LogP) is -1.06. The summed E-state index contributed by atoms with van der Waals surface area (Å²) < 4.78 is 29.7. The number of nitrogens with one attached hydrogen (secondary N) is 1. The van der Waals surface area contributed by atoms with E-state index in [1.54, 1.807) is 14.0 Å². The Labute approximate surface area is 84.3 Å². The van der Waals surface area contributed by atoms with E-state index in [4.69, 9.17) is 9.66 Å². The summed E-state index contributed by atoms with van der Waals surface area (Å²) in [4.78, 5) is 0. The third kappa shape index (κ3) is 17.7. The second-order valence-corrected chi connectivity index (χ2v) is 3.66. The van der Waals surface area contributed by atoms with Crippen molar-refractivity contribution in [2.75, 3.05) is 14.2 Å². The highest BCUT2D eigenvalue weighted by molar-refractivity contribution is 7.80. The van der Waals surface area contributed by atoms with E-state index in [1.165, 1.54) is 0 Å². The summed E-state index contributed by atoms with van der Waals surface area (Å²) in [6.07, 6.45) is 0.740. The Morgan fingerprint density at radius 2 is 1.79 bits per heavy atom. The van der Waals surface area contributed by atoms with Crippen molar-refractivity contribution in [2.24, 2.45) is 0 Å². The van der Waals surface area contributed by atoms with Crippen molar-refractivity contribution in [3.63, 3.8) is 0 Å². The van der Waals surface area contributed by atoms with Crippen LogP contribution in [-0.2, 0) is 14.6 Å². The highest BCUT2D eigenvalue weighted by Gasteiger charge is 2.11. The molecule has 5 N–H and O–H groups in total. The SMILES string of the molecule is CCC(C)(O)NC.COS(=O)(=O)O.O. The molecular weight excluding hydrogens is 214 g/mol. The lowest BCUT2D eigenvalue weighted by atomic mass is 10.2. The van der Waals surface area contributed by atoms with Gasteiger partial charge in [-0.1, -0.05) is 6.92 Å². The minimum absolute atomic E-state index is 0. The van der Waals surface area contributed by atoms with Gasteiger partial charge in [0.25, 0.3) is 0 Å². The number of hydrogen-bond acceptors (Lipinski definition) is 5. The van der Waals surface area contributed by atoms with Gasteiger partial charge in [0.2, 0.25) is 0 Å². The maximum Gasteiger partial charge on any atom is 0.397 e. The van der Waals surface area contributed by atoms with E-state index < -0.39 is 16.1 Å². The normalized spacial score (nSPS) is 14.4. The first-order valence-corrected chi connectivity index (χ1v) is 4.99. The van der Waals surface area contributed by atoms with Crippen LogP contribution in [0.4, 0.5) is 0 Å². The first-order chi connectivity index (χ1) is 5.68. The minimum atomic E-state index is -4.16. The highest BCUT2D eigenvalue weighted by atomic mass is 32.3. The fraction of sp³-hybridized carbons (Fsp3) is 1.00. The largest absolute Gasteiger partial charge is 0.412 e. The third-order valence-corrected chi connectivity index (χ3v) is 1.86. The van der Waals surface area contributed by atoms with Crippen molar-refractivity contribution >= 4 is 10.4 Å². The van der Waals surface area contributed by atoms with Crippen LogP contribution in [0.1, 0.15) is 20.3 Å². The molecule has 0 aliphatic carbocycles. The standard InChI is InChI=1S/C5H13NO.CH4O4S.H2O/c1-4-5(2,7)6-3;1-5-6(2,3)4;/h6-7H,4H2,1-3H3;1H3,(H,2,3,4);1H2. The number of rotatable bonds is 3. The molecule has 0 fully saturated rings. The molecule has 0 aromatic carbocycles. The Kier molecular flexibility index (Phi) is 11.2. The zero-order valence-electron chi connectivity index (χ0n) is 8.73. The summed E-state index contributed by atoms with van der Waals surface area (Å²) >= 11 is 0. The van der Waals surface area contributed by atoms with E-state index in [1.807, 2.05) is 6.92 Å². The molecule has 0 amide bonds. The highest BCUT2D eigenvalue weighted by Crippen LogP contribution is 1.99. The Morgan fingerprint density at radius 3 is 1.79 bits per heavy atom. The number of aliphatic hydroxyl groups is 1. The molecule has 0 saturated heterocycles. The van der Waals surface area contributed by atoms with Crippen LogP contribution >= 0.6 is 0 Å². The van der Waals surface area contributed by atoms with Gasteiger partial charge >= 0.3 is 10.4 Å². The fourth-order valence-electron chi connectivity index (χ4n) is 0.177. The molecule has 0 aromatic rings. The summed E-state index contributed by atoms with van der Waals surface area (Å²) in [6, 6.07) is 0. The van der Waals surface area contributed by atoms with E-state index >= 15 is 0 Å². The second-order valence-electron chi connectivity index (χ2n) is 2.47. The van der Waals surface area contributed by atoms with Gasteiger partial charge in [-0.3, -0.25) is 14.1 Å². The molecule has 0 aliphatic rings. The first-order valence-electron chi connectivity index (χ1n) is 3.63. The van der Waals surface area contributed by atoms with Crippen LogP contribution in [0.5, 0.6) is 0 Å². The van der Waals surface area contributed by atoms with Gasteiger partial charge in [-0.05, 0) is 20.4 Å². The first kappa shape index (κ1) is 19.3. The van der Waals surface area contributed by atoms with E-state index in [2.05, 4.69) is 9.50 Å². The van der Waals surface area contributed by atoms with Crippen molar-refractivity contribution in [3.8, 4) is 0 Å². The lowest BCUT2D eigenvalue weighted by Crippen LogP contribution is -2.38. The predicted molar refractivity (Wildman–Crippen MR) is 52.1 cm³/mol. The Balaban J connectivity index is -0.000000163. The average Bonchev–Trinajstić information content (AvgIpc) is 2.04. The van der Waals surface area contributed by atoms with Gasteiger partial charge in [0.05, 0.1) is 7.11 Å². The Bertz CT molecular complexity index is 206. The van der Waals surface area contributed by atoms with E-state index in [0.717, 1.165) is 13.5 Å². The second kappa shape index (κ2) is 8.09. The molecule has 8 heteroatoms. The molecule has 0 saturated carbocycles. The Morgan fingerprint density at radius 1 is 1.50 bits per heavy atom. The van der Waals surface area contributed by atoms with Gasteiger partial charge in [0.15, 0.2) is 0 Å². The number of hydrogen-bond donors (Lipinski definition) is 3. The molecule has 0 heterocycles. The van der Waals surface area contributed by atoms with Gasteiger partial charge in [-0.25, -0.2) is 0 Å². The topological polar surface area (TPSA) is 127 Å². The molecular formula is C6H19NO6S.